The highest BCUT2D eigenvalue weighted by Gasteiger charge is 2.43. The van der Waals surface area contributed by atoms with E-state index in [1.165, 1.54) is 36.9 Å². The highest BCUT2D eigenvalue weighted by atomic mass is 16.8. The lowest BCUT2D eigenvalue weighted by atomic mass is 9.98. The van der Waals surface area contributed by atoms with Crippen LogP contribution in [0, 0.1) is 17.8 Å². The normalized spacial score (nSPS) is 24.5. The van der Waals surface area contributed by atoms with Crippen LogP contribution in [0.25, 0.3) is 10.9 Å². The molecule has 3 heterocycles. The number of anilines is 1. The largest absolute Gasteiger partial charge is 0.871 e. The number of benzene rings is 2. The Morgan fingerprint density at radius 1 is 0.716 bits per heavy atom. The van der Waals surface area contributed by atoms with Crippen molar-refractivity contribution in [2.75, 3.05) is 25.9 Å². The lowest BCUT2D eigenvalue weighted by molar-refractivity contribution is -0.268. The summed E-state index contributed by atoms with van der Waals surface area (Å²) in [6, 6.07) is 2.38. The molecule has 2 aliphatic heterocycles. The fourth-order valence-electron chi connectivity index (χ4n) is 9.51. The highest BCUT2D eigenvalue weighted by Crippen LogP contribution is 2.36. The molecule has 0 bridgehead atoms. The summed E-state index contributed by atoms with van der Waals surface area (Å²) in [5.41, 5.74) is 0.780. The number of hydrogen-bond acceptors (Lipinski definition) is 12. The number of likely N-dealkylation sites (N-methyl/N-ethyl adjacent to an activating group) is 2. The van der Waals surface area contributed by atoms with E-state index in [0.717, 1.165) is 23.0 Å². The molecule has 2 fully saturated rings. The van der Waals surface area contributed by atoms with Crippen molar-refractivity contribution in [3.8, 4) is 5.75 Å². The maximum absolute atomic E-state index is 15.3. The molecule has 0 spiro atoms. The first kappa shape index (κ1) is 58.4. The Labute approximate surface area is 434 Å². The summed E-state index contributed by atoms with van der Waals surface area (Å²) in [7, 11) is 2.86. The zero-order valence-corrected chi connectivity index (χ0v) is 44.9. The Morgan fingerprint density at radius 3 is 1.81 bits per heavy atom. The van der Waals surface area contributed by atoms with Crippen LogP contribution in [0.4, 0.5) is 5.69 Å². The fraction of sp³-hybridized carbons (Fsp3) is 0.574. The molecule has 3 aromatic rings. The number of amides is 7. The number of nitrogens with one attached hydrogen (secondary N) is 5. The number of fused-ring (bicyclic) bond motifs is 1. The molecule has 7 amide bonds. The third-order valence-corrected chi connectivity index (χ3v) is 13.8. The SMILES string of the molecule is C/C=C/C[C@@H]1NC(=O)[C@H](CC(C)C)NC(=O)[C@H](CC(C)C)N(C)C(=O)[C@H](C)NC(=O)[C@H](Cc2ccc([O-])c(N(O)O)c2)NC(=O)[C@H](CC(C)C)N(C)C(=O)[C@H](Cc2cn(C(C)(C)C3CO3)c3ccccc23)NC1=O. The van der Waals surface area contributed by atoms with Gasteiger partial charge in [-0.1, -0.05) is 89.8 Å². The third kappa shape index (κ3) is 14.6. The van der Waals surface area contributed by atoms with Crippen LogP contribution < -0.4 is 36.9 Å². The number of hydrogen-bond donors (Lipinski definition) is 7. The summed E-state index contributed by atoms with van der Waals surface area (Å²) in [5, 5.41) is 46.7. The fourth-order valence-corrected chi connectivity index (χ4v) is 9.51. The molecule has 74 heavy (non-hydrogen) atoms. The number of nitrogens with zero attached hydrogens (tertiary/aromatic N) is 4. The van der Waals surface area contributed by atoms with Crippen molar-refractivity contribution < 1.29 is 53.8 Å². The van der Waals surface area contributed by atoms with Crippen LogP contribution in [-0.4, -0.2) is 135 Å². The molecule has 1 aromatic heterocycles. The molecule has 0 saturated carbocycles. The minimum atomic E-state index is -1.48. The summed E-state index contributed by atoms with van der Waals surface area (Å²) in [6.45, 7) is 19.1. The third-order valence-electron chi connectivity index (χ3n) is 13.8. The molecule has 0 aliphatic carbocycles. The van der Waals surface area contributed by atoms with Gasteiger partial charge in [0.15, 0.2) is 0 Å². The second-order valence-corrected chi connectivity index (χ2v) is 21.6. The van der Waals surface area contributed by atoms with Crippen molar-refractivity contribution in [1.29, 1.82) is 0 Å². The van der Waals surface area contributed by atoms with Crippen molar-refractivity contribution in [2.24, 2.45) is 17.8 Å². The monoisotopic (exact) mass is 1030 g/mol. The molecular formula is C54H78N9O11-. The summed E-state index contributed by atoms with van der Waals surface area (Å²) in [6.07, 6.45) is 5.37. The number of carbonyl (C=O) groups is 7. The zero-order valence-electron chi connectivity index (χ0n) is 44.9. The molecule has 0 radical (unpaired) electrons. The molecule has 20 nitrogen and oxygen atoms in total. The number of epoxide rings is 1. The number of carbonyl (C=O) groups excluding carboxylic acids is 7. The maximum atomic E-state index is 15.3. The van der Waals surface area contributed by atoms with Gasteiger partial charge >= 0.3 is 0 Å². The second kappa shape index (κ2) is 25.1. The summed E-state index contributed by atoms with van der Waals surface area (Å²) in [4.78, 5) is 105. The van der Waals surface area contributed by atoms with Crippen molar-refractivity contribution in [2.45, 2.75) is 162 Å². The molecular weight excluding hydrogens is 951 g/mol. The van der Waals surface area contributed by atoms with Crippen LogP contribution in [0.2, 0.25) is 0 Å². The van der Waals surface area contributed by atoms with E-state index in [9.17, 15) is 44.3 Å². The van der Waals surface area contributed by atoms with Crippen LogP contribution in [-0.2, 0) is 56.7 Å². The topological polar surface area (TPSA) is 270 Å². The first-order valence-corrected chi connectivity index (χ1v) is 25.6. The van der Waals surface area contributed by atoms with E-state index in [1.807, 2.05) is 72.0 Å². The Balaban J connectivity index is 1.68. The predicted octanol–water partition coefficient (Wildman–Crippen LogP) is 3.43. The molecule has 2 aromatic carbocycles. The smallest absolute Gasteiger partial charge is 0.245 e. The standard InChI is InChI=1S/C54H79N9O11/c1-13-14-18-37-47(65)59-40(27-35-28-62(54(9,10)46-29-74-46)41-19-16-15-17-36(35)41)53(71)61(12)44(24-32(6)7)51(69)58-39(25-34-20-21-45(64)42(26-34)63(72)73)48(66)55-33(8)52(70)60(11)43(23-31(4)5)50(68)57-38(22-30(2)3)49(67)56-37/h13-17,19-21,26,28,30-33,37-40,43-44,46,64,72-73H,18,22-25,27,29H2,1-12H3,(H,55,66)(H,56,67)(H,57,68)(H,58,69)(H,59,65)/p-1/b14-13+/t33-,37-,38-,39-,40-,43-,44-,46?/m0/s1. The molecule has 5 rings (SSSR count). The van der Waals surface area contributed by atoms with Gasteiger partial charge in [0.1, 0.15) is 48.4 Å². The Morgan fingerprint density at radius 2 is 1.24 bits per heavy atom. The zero-order chi connectivity index (χ0) is 54.9. The molecule has 1 unspecified atom stereocenters. The molecule has 8 atom stereocenters. The van der Waals surface area contributed by atoms with Crippen LogP contribution in [0.15, 0.2) is 60.8 Å². The Bertz CT molecular complexity index is 2530. The summed E-state index contributed by atoms with van der Waals surface area (Å²) < 4.78 is 7.85. The van der Waals surface area contributed by atoms with Crippen molar-refractivity contribution >= 4 is 57.9 Å². The number of allylic oxidation sites excluding steroid dienone is 1. The van der Waals surface area contributed by atoms with Crippen molar-refractivity contribution in [3.63, 3.8) is 0 Å². The Hall–Kier alpha value is -6.51. The van der Waals surface area contributed by atoms with Crippen LogP contribution in [0.3, 0.4) is 0 Å². The van der Waals surface area contributed by atoms with Gasteiger partial charge in [-0.2, -0.15) is 0 Å². The summed E-state index contributed by atoms with van der Waals surface area (Å²) >= 11 is 0. The first-order chi connectivity index (χ1) is 34.7. The van der Waals surface area contributed by atoms with Gasteiger partial charge < -0.3 is 50.8 Å². The molecule has 7 N–H and O–H groups in total. The number of ether oxygens (including phenoxy) is 1. The van der Waals surface area contributed by atoms with Crippen molar-refractivity contribution in [1.82, 2.24) is 41.0 Å². The predicted molar refractivity (Wildman–Crippen MR) is 277 cm³/mol. The average molecular weight is 1030 g/mol. The van der Waals surface area contributed by atoms with Gasteiger partial charge in [-0.15, -0.1) is 5.23 Å². The van der Waals surface area contributed by atoms with Crippen LogP contribution >= 0.6 is 0 Å². The lowest BCUT2D eigenvalue weighted by Gasteiger charge is -2.33. The van der Waals surface area contributed by atoms with E-state index in [-0.39, 0.29) is 73.2 Å². The number of aromatic nitrogens is 1. The quantitative estimate of drug-likeness (QED) is 0.0656. The van der Waals surface area contributed by atoms with E-state index in [4.69, 9.17) is 4.74 Å². The van der Waals surface area contributed by atoms with E-state index >= 15 is 4.79 Å². The van der Waals surface area contributed by atoms with Crippen LogP contribution in [0.5, 0.6) is 5.75 Å². The van der Waals surface area contributed by atoms with E-state index in [0.29, 0.717) is 12.2 Å². The van der Waals surface area contributed by atoms with Crippen molar-refractivity contribution in [3.05, 3.63) is 71.9 Å². The maximum Gasteiger partial charge on any atom is 0.245 e. The minimum Gasteiger partial charge on any atom is -0.871 e. The minimum absolute atomic E-state index is 0.0155. The van der Waals surface area contributed by atoms with Gasteiger partial charge in [0.2, 0.25) is 41.4 Å². The first-order valence-electron chi connectivity index (χ1n) is 25.6. The lowest BCUT2D eigenvalue weighted by Crippen LogP contribution is -2.60. The van der Waals surface area contributed by atoms with Crippen LogP contribution in [0.1, 0.15) is 106 Å². The highest BCUT2D eigenvalue weighted by molar-refractivity contribution is 5.99. The molecule has 406 valence electrons. The summed E-state index contributed by atoms with van der Waals surface area (Å²) in [5.74, 6) is -6.11. The van der Waals surface area contributed by atoms with Gasteiger partial charge in [-0.3, -0.25) is 44.0 Å². The van der Waals surface area contributed by atoms with E-state index in [1.54, 1.807) is 19.1 Å². The van der Waals surface area contributed by atoms with Gasteiger partial charge in [0.25, 0.3) is 0 Å². The van der Waals surface area contributed by atoms with Gasteiger partial charge in [0, 0.05) is 44.0 Å². The van der Waals surface area contributed by atoms with Gasteiger partial charge in [-0.05, 0) is 94.4 Å². The molecule has 2 saturated heterocycles. The molecule has 2 aliphatic rings. The second-order valence-electron chi connectivity index (χ2n) is 21.6. The van der Waals surface area contributed by atoms with Gasteiger partial charge in [-0.25, -0.2) is 0 Å². The number of para-hydroxylation sites is 1. The van der Waals surface area contributed by atoms with E-state index < -0.39 is 101 Å². The number of rotatable bonds is 15. The Kier molecular flexibility index (Phi) is 19.8. The molecule has 20 heteroatoms. The van der Waals surface area contributed by atoms with Gasteiger partial charge in [0.05, 0.1) is 17.8 Å². The van der Waals surface area contributed by atoms with E-state index in [2.05, 4.69) is 45.0 Å². The average Bonchev–Trinajstić information content (AvgIpc) is 4.14.